The molecule has 1 fully saturated rings. The minimum absolute atomic E-state index is 0.0465. The van der Waals surface area contributed by atoms with E-state index >= 15 is 8.78 Å². The summed E-state index contributed by atoms with van der Waals surface area (Å²) in [4.78, 5) is 23.2. The largest absolute Gasteiger partial charge is 0.490 e. The molecule has 4 unspecified atom stereocenters. The third-order valence-corrected chi connectivity index (χ3v) is 7.68. The summed E-state index contributed by atoms with van der Waals surface area (Å²) in [6.45, 7) is 2.78. The Kier molecular flexibility index (Phi) is 10.3. The van der Waals surface area contributed by atoms with Gasteiger partial charge in [0.1, 0.15) is 24.3 Å². The Labute approximate surface area is 243 Å². The number of carbonyl (C=O) groups excluding carboxylic acids is 1. The number of hydrogen-bond acceptors (Lipinski definition) is 6. The van der Waals surface area contributed by atoms with E-state index in [1.54, 1.807) is 0 Å². The molecule has 0 bridgehead atoms. The second kappa shape index (κ2) is 12.8. The number of hydrogen-bond donors (Lipinski definition) is 3. The lowest BCUT2D eigenvalue weighted by atomic mass is 9.68. The van der Waals surface area contributed by atoms with Crippen molar-refractivity contribution >= 4 is 35.1 Å². The molecule has 0 saturated carbocycles. The van der Waals surface area contributed by atoms with Crippen molar-refractivity contribution in [2.75, 3.05) is 19.8 Å². The van der Waals surface area contributed by atoms with Crippen LogP contribution in [-0.4, -0.2) is 55.1 Å². The van der Waals surface area contributed by atoms with Gasteiger partial charge in [-0.3, -0.25) is 10.1 Å². The topological polar surface area (TPSA) is 111 Å². The quantitative estimate of drug-likeness (QED) is 0.170. The standard InChI is InChI=1S/C27H29Cl2F5N2O5/c1-25(2,8-9-40-10-11-41-24(39)27(32,33)34)13-19-26(35,16-7-6-14(28)12-18(16)30)20(22(36-19)23(37)38)15-4-3-5-17(29)21(15)31/h3-7,12,19-20,22,36H,8-11,13,35H2,1-2H3,(H,37,38). The number of ether oxygens (including phenoxy) is 2. The molecule has 1 aliphatic heterocycles. The van der Waals surface area contributed by atoms with E-state index in [1.807, 2.05) is 13.8 Å². The molecule has 1 aliphatic rings. The molecule has 226 valence electrons. The van der Waals surface area contributed by atoms with Crippen LogP contribution < -0.4 is 11.1 Å². The van der Waals surface area contributed by atoms with E-state index in [2.05, 4.69) is 10.1 Å². The summed E-state index contributed by atoms with van der Waals surface area (Å²) in [6.07, 6.45) is -4.64. The molecule has 1 heterocycles. The number of nitrogens with two attached hydrogens (primary N) is 1. The number of aliphatic carboxylic acids is 1. The summed E-state index contributed by atoms with van der Waals surface area (Å²) in [7, 11) is 0. The van der Waals surface area contributed by atoms with Crippen molar-refractivity contribution in [2.45, 2.75) is 56.4 Å². The second-order valence-corrected chi connectivity index (χ2v) is 11.4. The summed E-state index contributed by atoms with van der Waals surface area (Å²) in [6, 6.07) is 5.52. The van der Waals surface area contributed by atoms with E-state index in [0.717, 1.165) is 6.07 Å². The minimum atomic E-state index is -5.10. The van der Waals surface area contributed by atoms with E-state index in [1.165, 1.54) is 30.3 Å². The van der Waals surface area contributed by atoms with Gasteiger partial charge in [-0.15, -0.1) is 0 Å². The maximum atomic E-state index is 15.4. The van der Waals surface area contributed by atoms with Gasteiger partial charge in [0, 0.05) is 29.2 Å². The van der Waals surface area contributed by atoms with E-state index < -0.39 is 65.3 Å². The molecule has 0 amide bonds. The highest BCUT2D eigenvalue weighted by atomic mass is 35.5. The first-order valence-electron chi connectivity index (χ1n) is 12.5. The number of carboxylic acid groups (broad SMARTS) is 1. The number of benzene rings is 2. The second-order valence-electron chi connectivity index (χ2n) is 10.6. The molecular weight excluding hydrogens is 598 g/mol. The molecule has 0 spiro atoms. The number of rotatable bonds is 11. The van der Waals surface area contributed by atoms with E-state index in [-0.39, 0.29) is 40.8 Å². The van der Waals surface area contributed by atoms with E-state index in [9.17, 15) is 27.9 Å². The zero-order chi connectivity index (χ0) is 30.8. The predicted molar refractivity (Wildman–Crippen MR) is 141 cm³/mol. The highest BCUT2D eigenvalue weighted by molar-refractivity contribution is 6.31. The monoisotopic (exact) mass is 626 g/mol. The van der Waals surface area contributed by atoms with Gasteiger partial charge >= 0.3 is 18.1 Å². The first kappa shape index (κ1) is 33.0. The van der Waals surface area contributed by atoms with Crippen LogP contribution in [0.15, 0.2) is 36.4 Å². The van der Waals surface area contributed by atoms with Crippen LogP contribution >= 0.6 is 23.2 Å². The Morgan fingerprint density at radius 3 is 2.39 bits per heavy atom. The molecule has 2 aromatic carbocycles. The predicted octanol–water partition coefficient (Wildman–Crippen LogP) is 5.56. The van der Waals surface area contributed by atoms with Crippen LogP contribution in [0, 0.1) is 17.0 Å². The lowest BCUT2D eigenvalue weighted by Gasteiger charge is -2.40. The number of esters is 1. The van der Waals surface area contributed by atoms with Gasteiger partial charge in [-0.1, -0.05) is 55.2 Å². The minimum Gasteiger partial charge on any atom is -0.480 e. The average molecular weight is 627 g/mol. The lowest BCUT2D eigenvalue weighted by Crippen LogP contribution is -2.52. The van der Waals surface area contributed by atoms with Crippen molar-refractivity contribution in [1.29, 1.82) is 0 Å². The van der Waals surface area contributed by atoms with Crippen molar-refractivity contribution in [3.05, 3.63) is 69.2 Å². The number of halogens is 7. The van der Waals surface area contributed by atoms with Crippen LogP contribution in [-0.2, 0) is 24.6 Å². The van der Waals surface area contributed by atoms with Crippen molar-refractivity contribution in [1.82, 2.24) is 5.32 Å². The van der Waals surface area contributed by atoms with Gasteiger partial charge in [0.25, 0.3) is 0 Å². The molecule has 7 nitrogen and oxygen atoms in total. The molecule has 4 N–H and O–H groups in total. The van der Waals surface area contributed by atoms with Gasteiger partial charge in [-0.25, -0.2) is 13.6 Å². The van der Waals surface area contributed by atoms with Crippen molar-refractivity contribution < 1.29 is 46.1 Å². The Morgan fingerprint density at radius 1 is 1.10 bits per heavy atom. The molecule has 4 atom stereocenters. The summed E-state index contributed by atoms with van der Waals surface area (Å²) in [5, 5.41) is 12.9. The van der Waals surface area contributed by atoms with Crippen molar-refractivity contribution in [3.8, 4) is 0 Å². The Morgan fingerprint density at radius 2 is 1.78 bits per heavy atom. The van der Waals surface area contributed by atoms with Gasteiger partial charge in [-0.05, 0) is 42.0 Å². The number of carboxylic acids is 1. The number of carbonyl (C=O) groups is 2. The molecule has 41 heavy (non-hydrogen) atoms. The highest BCUT2D eigenvalue weighted by Gasteiger charge is 2.58. The zero-order valence-electron chi connectivity index (χ0n) is 22.0. The maximum absolute atomic E-state index is 15.4. The van der Waals surface area contributed by atoms with Gasteiger partial charge in [0.15, 0.2) is 0 Å². The Balaban J connectivity index is 1.88. The lowest BCUT2D eigenvalue weighted by molar-refractivity contribution is -0.200. The maximum Gasteiger partial charge on any atom is 0.490 e. The molecular formula is C27H29Cl2F5N2O5. The molecule has 3 rings (SSSR count). The van der Waals surface area contributed by atoms with Crippen molar-refractivity contribution in [3.63, 3.8) is 0 Å². The molecule has 14 heteroatoms. The Bertz CT molecular complexity index is 1280. The van der Waals surface area contributed by atoms with Crippen LogP contribution in [0.5, 0.6) is 0 Å². The molecule has 0 aromatic heterocycles. The van der Waals surface area contributed by atoms with Crippen LogP contribution in [0.2, 0.25) is 10.0 Å². The summed E-state index contributed by atoms with van der Waals surface area (Å²) < 4.78 is 76.9. The van der Waals surface area contributed by atoms with Gasteiger partial charge in [0.2, 0.25) is 0 Å². The smallest absolute Gasteiger partial charge is 0.480 e. The van der Waals surface area contributed by atoms with Crippen LogP contribution in [0.3, 0.4) is 0 Å². The molecule has 0 aliphatic carbocycles. The fraction of sp³-hybridized carbons (Fsp3) is 0.481. The normalized spacial score (nSPS) is 23.0. The van der Waals surface area contributed by atoms with Crippen LogP contribution in [0.4, 0.5) is 22.0 Å². The van der Waals surface area contributed by atoms with Gasteiger partial charge < -0.3 is 20.3 Å². The number of alkyl halides is 3. The first-order valence-corrected chi connectivity index (χ1v) is 13.2. The third kappa shape index (κ3) is 7.47. The highest BCUT2D eigenvalue weighted by Crippen LogP contribution is 2.50. The molecule has 1 saturated heterocycles. The van der Waals surface area contributed by atoms with Crippen LogP contribution in [0.25, 0.3) is 0 Å². The van der Waals surface area contributed by atoms with Gasteiger partial charge in [-0.2, -0.15) is 13.2 Å². The first-order chi connectivity index (χ1) is 19.0. The fourth-order valence-electron chi connectivity index (χ4n) is 5.16. The average Bonchev–Trinajstić information content (AvgIpc) is 3.14. The van der Waals surface area contributed by atoms with Crippen molar-refractivity contribution in [2.24, 2.45) is 11.1 Å². The summed E-state index contributed by atoms with van der Waals surface area (Å²) >= 11 is 12.0. The summed E-state index contributed by atoms with van der Waals surface area (Å²) in [5.41, 5.74) is 4.34. The van der Waals surface area contributed by atoms with Crippen LogP contribution in [0.1, 0.15) is 43.7 Å². The SMILES string of the molecule is CC(C)(CCOCCOC(=O)C(F)(F)F)CC1NC(C(=O)O)C(c2cccc(Cl)c2F)C1(N)c1ccc(Cl)cc1F. The molecule has 2 aromatic rings. The fourth-order valence-corrected chi connectivity index (χ4v) is 5.50. The third-order valence-electron chi connectivity index (χ3n) is 7.16. The Hall–Kier alpha value is -2.51. The van der Waals surface area contributed by atoms with E-state index in [4.69, 9.17) is 33.7 Å². The molecule has 0 radical (unpaired) electrons. The van der Waals surface area contributed by atoms with E-state index in [0.29, 0.717) is 6.42 Å². The number of nitrogens with one attached hydrogen (secondary N) is 1. The van der Waals surface area contributed by atoms with Gasteiger partial charge in [0.05, 0.1) is 17.2 Å². The zero-order valence-corrected chi connectivity index (χ0v) is 23.5. The summed E-state index contributed by atoms with van der Waals surface area (Å²) in [5.74, 6) is -6.64.